The topological polar surface area (TPSA) is 113 Å². The highest BCUT2D eigenvalue weighted by Crippen LogP contribution is 2.36. The number of hydrogen-bond donors (Lipinski definition) is 0. The van der Waals surface area contributed by atoms with Crippen molar-refractivity contribution in [2.45, 2.75) is 24.5 Å². The molecule has 13 heteroatoms. The summed E-state index contributed by atoms with van der Waals surface area (Å²) >= 11 is 8.58. The summed E-state index contributed by atoms with van der Waals surface area (Å²) in [6.07, 6.45) is 3.76. The van der Waals surface area contributed by atoms with Gasteiger partial charge in [-0.15, -0.1) is 11.8 Å². The molecule has 0 radical (unpaired) electrons. The number of carbonyl (C=O) groups excluding carboxylic acids is 1. The zero-order valence-electron chi connectivity index (χ0n) is 26.1. The van der Waals surface area contributed by atoms with Crippen LogP contribution in [-0.2, 0) is 16.1 Å². The van der Waals surface area contributed by atoms with Gasteiger partial charge in [0.05, 0.1) is 36.9 Å². The number of hydrogen-bond acceptors (Lipinski definition) is 9. The molecule has 0 saturated heterocycles. The van der Waals surface area contributed by atoms with Gasteiger partial charge in [0.2, 0.25) is 0 Å². The van der Waals surface area contributed by atoms with Crippen LogP contribution in [0.2, 0.25) is 0 Å². The summed E-state index contributed by atoms with van der Waals surface area (Å²) in [4.78, 5) is 45.3. The Morgan fingerprint density at radius 1 is 1.10 bits per heavy atom. The maximum absolute atomic E-state index is 14.4. The minimum atomic E-state index is -0.788. The number of fused-ring (bicyclic) bond motifs is 1. The van der Waals surface area contributed by atoms with Crippen LogP contribution in [-0.4, -0.2) is 28.3 Å². The van der Waals surface area contributed by atoms with Crippen molar-refractivity contribution in [3.05, 3.63) is 157 Å². The number of benzene rings is 4. The predicted molar refractivity (Wildman–Crippen MR) is 204 cm³/mol. The summed E-state index contributed by atoms with van der Waals surface area (Å²) in [5.74, 6) is 0.0104. The Morgan fingerprint density at radius 3 is 2.47 bits per heavy atom. The molecule has 0 unspecified atom stereocenters. The summed E-state index contributed by atoms with van der Waals surface area (Å²) in [5, 5.41) is 11.1. The number of thiazole rings is 1. The van der Waals surface area contributed by atoms with Crippen molar-refractivity contribution in [3.63, 3.8) is 0 Å². The van der Waals surface area contributed by atoms with Gasteiger partial charge in [0.25, 0.3) is 11.2 Å². The normalized spacial score (nSPS) is 14.3. The molecular formula is C36H27BrIN3O6S2. The van der Waals surface area contributed by atoms with Gasteiger partial charge in [0.15, 0.2) is 4.80 Å². The molecule has 1 atom stereocenters. The zero-order valence-corrected chi connectivity index (χ0v) is 31.5. The largest absolute Gasteiger partial charge is 0.487 e. The molecule has 0 spiro atoms. The highest BCUT2D eigenvalue weighted by atomic mass is 127. The zero-order chi connectivity index (χ0) is 34.7. The second kappa shape index (κ2) is 15.2. The molecule has 0 N–H and O–H groups in total. The first-order valence-electron chi connectivity index (χ1n) is 15.0. The van der Waals surface area contributed by atoms with Gasteiger partial charge in [-0.3, -0.25) is 19.5 Å². The third kappa shape index (κ3) is 7.44. The molecule has 49 heavy (non-hydrogen) atoms. The Kier molecular flexibility index (Phi) is 10.8. The van der Waals surface area contributed by atoms with Crippen LogP contribution in [0.15, 0.2) is 116 Å². The van der Waals surface area contributed by atoms with Crippen molar-refractivity contribution in [1.29, 1.82) is 0 Å². The quantitative estimate of drug-likeness (QED) is 0.0470. The Balaban J connectivity index is 1.52. The number of halogens is 2. The number of ether oxygens (including phenoxy) is 2. The van der Waals surface area contributed by atoms with E-state index in [4.69, 9.17) is 14.5 Å². The highest BCUT2D eigenvalue weighted by molar-refractivity contribution is 14.1. The molecule has 9 nitrogen and oxygen atoms in total. The van der Waals surface area contributed by atoms with E-state index in [1.807, 2.05) is 73.0 Å². The molecule has 0 saturated carbocycles. The lowest BCUT2D eigenvalue weighted by Gasteiger charge is -2.26. The first kappa shape index (κ1) is 34.8. The Labute approximate surface area is 311 Å². The van der Waals surface area contributed by atoms with Gasteiger partial charge in [0.1, 0.15) is 12.4 Å². The predicted octanol–water partition coefficient (Wildman–Crippen LogP) is 7.51. The van der Waals surface area contributed by atoms with Crippen molar-refractivity contribution >= 4 is 85.0 Å². The lowest BCUT2D eigenvalue weighted by Crippen LogP contribution is -2.40. The molecule has 0 amide bonds. The highest BCUT2D eigenvalue weighted by Gasteiger charge is 2.35. The van der Waals surface area contributed by atoms with Gasteiger partial charge in [-0.25, -0.2) is 9.79 Å². The average molecular weight is 869 g/mol. The lowest BCUT2D eigenvalue weighted by atomic mass is 9.93. The lowest BCUT2D eigenvalue weighted by molar-refractivity contribution is -0.384. The van der Waals surface area contributed by atoms with E-state index in [2.05, 4.69) is 38.5 Å². The Hall–Kier alpha value is -4.05. The van der Waals surface area contributed by atoms with Crippen molar-refractivity contribution in [2.75, 3.05) is 12.9 Å². The molecule has 0 aliphatic carbocycles. The maximum Gasteiger partial charge on any atom is 0.338 e. The number of nitrogens with zero attached hydrogens (tertiary/aromatic N) is 3. The van der Waals surface area contributed by atoms with Crippen LogP contribution in [0, 0.1) is 13.7 Å². The summed E-state index contributed by atoms with van der Waals surface area (Å²) < 4.78 is 15.4. The fraction of sp³-hybridized carbons (Fsp3) is 0.139. The van der Waals surface area contributed by atoms with Crippen LogP contribution in [0.3, 0.4) is 0 Å². The number of esters is 1. The summed E-state index contributed by atoms with van der Waals surface area (Å²) in [6, 6.07) is 26.4. The maximum atomic E-state index is 14.4. The summed E-state index contributed by atoms with van der Waals surface area (Å²) in [7, 11) is 0. The minimum absolute atomic E-state index is 0.00179. The summed E-state index contributed by atoms with van der Waals surface area (Å²) in [5.41, 5.74) is 3.31. The number of rotatable bonds is 10. The van der Waals surface area contributed by atoms with Crippen LogP contribution >= 0.6 is 61.6 Å². The number of aromatic nitrogens is 1. The van der Waals surface area contributed by atoms with E-state index in [9.17, 15) is 19.7 Å². The second-order valence-electron chi connectivity index (χ2n) is 10.7. The summed E-state index contributed by atoms with van der Waals surface area (Å²) in [6.45, 7) is 2.07. The standard InChI is InChI=1S/C36H27BrIN3O6S2/c1-3-46-35(43)30-31(22-7-5-4-6-8-22)39-36-40(32(30)23-11-15-27(48-2)16-12-23)34(42)29(49-36)18-24-17-25(37)19-28(38)33(24)47-20-21-9-13-26(14-10-21)41(44)45/h4-19,32H,3,20H2,1-2H3/b29-18-/t32-/m0/s1. The fourth-order valence-corrected chi connectivity index (χ4v) is 8.50. The number of carbonyl (C=O) groups is 1. The smallest absolute Gasteiger partial charge is 0.338 e. The van der Waals surface area contributed by atoms with Crippen molar-refractivity contribution in [3.8, 4) is 5.75 Å². The van der Waals surface area contributed by atoms with E-state index in [-0.39, 0.29) is 30.0 Å². The second-order valence-corrected chi connectivity index (χ2v) is 14.7. The SMILES string of the molecule is CCOC(=O)C1=C(c2ccccc2)N=c2s/c(=C\c3cc(Br)cc(I)c3OCc3ccc([N+](=O)[O-])cc3)c(=O)n2[C@H]1c1ccc(SC)cc1. The molecule has 2 heterocycles. The van der Waals surface area contributed by atoms with Gasteiger partial charge in [-0.05, 0) is 89.4 Å². The van der Waals surface area contributed by atoms with Crippen molar-refractivity contribution < 1.29 is 19.2 Å². The molecule has 1 aliphatic rings. The van der Waals surface area contributed by atoms with Crippen LogP contribution in [0.4, 0.5) is 5.69 Å². The molecule has 1 aromatic heterocycles. The van der Waals surface area contributed by atoms with Gasteiger partial charge in [-0.2, -0.15) is 0 Å². The van der Waals surface area contributed by atoms with E-state index in [1.54, 1.807) is 41.5 Å². The van der Waals surface area contributed by atoms with E-state index in [0.29, 0.717) is 26.3 Å². The van der Waals surface area contributed by atoms with Crippen molar-refractivity contribution in [1.82, 2.24) is 4.57 Å². The first-order valence-corrected chi connectivity index (χ1v) is 18.9. The molecule has 1 aliphatic heterocycles. The van der Waals surface area contributed by atoms with E-state index >= 15 is 0 Å². The van der Waals surface area contributed by atoms with Gasteiger partial charge >= 0.3 is 5.97 Å². The first-order chi connectivity index (χ1) is 23.7. The minimum Gasteiger partial charge on any atom is -0.487 e. The number of nitro groups is 1. The van der Waals surface area contributed by atoms with Crippen LogP contribution in [0.25, 0.3) is 11.8 Å². The van der Waals surface area contributed by atoms with Crippen LogP contribution in [0.5, 0.6) is 5.75 Å². The van der Waals surface area contributed by atoms with Gasteiger partial charge in [-0.1, -0.05) is 69.7 Å². The van der Waals surface area contributed by atoms with Crippen LogP contribution < -0.4 is 19.6 Å². The number of non-ortho nitro benzene ring substituents is 1. The fourth-order valence-electron chi connectivity index (χ4n) is 5.39. The third-order valence-corrected chi connectivity index (χ3v) is 10.6. The monoisotopic (exact) mass is 867 g/mol. The van der Waals surface area contributed by atoms with E-state index in [1.165, 1.54) is 23.5 Å². The molecule has 0 fully saturated rings. The average Bonchev–Trinajstić information content (AvgIpc) is 3.41. The Morgan fingerprint density at radius 2 is 1.82 bits per heavy atom. The molecule has 4 aromatic carbocycles. The number of nitro benzene ring substituents is 1. The molecule has 6 rings (SSSR count). The molecular weight excluding hydrogens is 841 g/mol. The van der Waals surface area contributed by atoms with Crippen molar-refractivity contribution in [2.24, 2.45) is 4.99 Å². The number of thioether (sulfide) groups is 1. The third-order valence-electron chi connectivity index (χ3n) is 7.66. The Bertz CT molecular complexity index is 2270. The van der Waals surface area contributed by atoms with E-state index < -0.39 is 16.9 Å². The van der Waals surface area contributed by atoms with Gasteiger partial charge in [0, 0.05) is 32.6 Å². The van der Waals surface area contributed by atoms with E-state index in [0.717, 1.165) is 29.6 Å². The van der Waals surface area contributed by atoms with Crippen LogP contribution in [0.1, 0.15) is 35.2 Å². The molecule has 248 valence electrons. The molecule has 5 aromatic rings. The molecule has 0 bridgehead atoms. The van der Waals surface area contributed by atoms with Gasteiger partial charge < -0.3 is 9.47 Å².